The monoisotopic (exact) mass is 314 g/mol. The van der Waals surface area contributed by atoms with Crippen LogP contribution < -0.4 is 14.9 Å². The molecule has 0 unspecified atom stereocenters. The van der Waals surface area contributed by atoms with Crippen molar-refractivity contribution in [2.24, 2.45) is 10.1 Å². The summed E-state index contributed by atoms with van der Waals surface area (Å²) >= 11 is 1.65. The summed E-state index contributed by atoms with van der Waals surface area (Å²) in [4.78, 5) is 7.70. The van der Waals surface area contributed by atoms with E-state index in [1.807, 2.05) is 36.5 Å². The van der Waals surface area contributed by atoms with E-state index < -0.39 is 0 Å². The van der Waals surface area contributed by atoms with E-state index in [0.717, 1.165) is 39.4 Å². The number of nitrogens with one attached hydrogen (secondary N) is 2. The minimum absolute atomic E-state index is 0.293. The van der Waals surface area contributed by atoms with Gasteiger partial charge in [0.15, 0.2) is 16.7 Å². The molecule has 2 N–H and O–H groups in total. The van der Waals surface area contributed by atoms with Crippen LogP contribution in [0.25, 0.3) is 0 Å². The average Bonchev–Trinajstić information content (AvgIpc) is 3.24. The fourth-order valence-electron chi connectivity index (χ4n) is 2.25. The lowest BCUT2D eigenvalue weighted by Crippen LogP contribution is -2.25. The van der Waals surface area contributed by atoms with Gasteiger partial charge in [-0.3, -0.25) is 10.4 Å². The number of nitrogens with zero attached hydrogens (tertiary/aromatic N) is 2. The lowest BCUT2D eigenvalue weighted by atomic mass is 10.2. The molecule has 2 aliphatic heterocycles. The molecule has 0 atom stereocenters. The Morgan fingerprint density at radius 2 is 2.18 bits per heavy atom. The zero-order valence-electron chi connectivity index (χ0n) is 11.7. The lowest BCUT2D eigenvalue weighted by molar-refractivity contribution is 0.174. The number of hydrogen-bond donors (Lipinski definition) is 2. The largest absolute Gasteiger partial charge is 0.454 e. The smallest absolute Gasteiger partial charge is 0.231 e. The van der Waals surface area contributed by atoms with Gasteiger partial charge >= 0.3 is 0 Å². The molecule has 7 heteroatoms. The van der Waals surface area contributed by atoms with E-state index in [-0.39, 0.29) is 0 Å². The summed E-state index contributed by atoms with van der Waals surface area (Å²) in [6.45, 7) is 0.875. The molecule has 0 radical (unpaired) electrons. The number of H-pyrrole nitrogens is 1. The molecule has 2 aromatic rings. The molecule has 0 aliphatic carbocycles. The number of hydrogen-bond acceptors (Lipinski definition) is 5. The van der Waals surface area contributed by atoms with Crippen LogP contribution in [-0.2, 0) is 6.54 Å². The molecule has 0 fully saturated rings. The molecule has 0 bridgehead atoms. The average molecular weight is 314 g/mol. The van der Waals surface area contributed by atoms with Gasteiger partial charge in [-0.05, 0) is 29.8 Å². The van der Waals surface area contributed by atoms with Crippen LogP contribution in [-0.4, -0.2) is 28.4 Å². The quantitative estimate of drug-likeness (QED) is 0.912. The van der Waals surface area contributed by atoms with Crippen molar-refractivity contribution in [3.63, 3.8) is 0 Å². The van der Waals surface area contributed by atoms with Crippen LogP contribution >= 0.6 is 11.8 Å². The predicted molar refractivity (Wildman–Crippen MR) is 86.6 cm³/mol. The molecule has 0 spiro atoms. The molecule has 0 saturated carbocycles. The maximum Gasteiger partial charge on any atom is 0.231 e. The van der Waals surface area contributed by atoms with E-state index in [1.54, 1.807) is 11.8 Å². The van der Waals surface area contributed by atoms with Crippen molar-refractivity contribution < 1.29 is 9.47 Å². The molecule has 0 saturated heterocycles. The first-order valence-electron chi connectivity index (χ1n) is 6.90. The molecule has 4 rings (SSSR count). The Labute approximate surface area is 131 Å². The molecule has 1 aromatic carbocycles. The van der Waals surface area contributed by atoms with Gasteiger partial charge in [0, 0.05) is 11.9 Å². The fourth-order valence-corrected chi connectivity index (χ4v) is 3.01. The van der Waals surface area contributed by atoms with Crippen molar-refractivity contribution in [2.75, 3.05) is 12.5 Å². The number of benzene rings is 1. The summed E-state index contributed by atoms with van der Waals surface area (Å²) in [7, 11) is 0. The van der Waals surface area contributed by atoms with Crippen LogP contribution in [0.15, 0.2) is 46.6 Å². The topological polar surface area (TPSA) is 71.0 Å². The van der Waals surface area contributed by atoms with E-state index in [1.165, 1.54) is 0 Å². The first-order valence-corrected chi connectivity index (χ1v) is 7.89. The summed E-state index contributed by atoms with van der Waals surface area (Å²) in [5, 5.41) is 5.19. The summed E-state index contributed by atoms with van der Waals surface area (Å²) in [5.41, 5.74) is 6.12. The van der Waals surface area contributed by atoms with Gasteiger partial charge in [-0.25, -0.2) is 0 Å². The molecular weight excluding hydrogens is 300 g/mol. The standard InChI is InChI=1S/C15H14N4O2S/c1-2-11(16-5-1)12-8-22-15(19-18-12)17-7-10-3-4-13-14(6-10)21-9-20-13/h1-6,16H,7-9H2,(H,17,19). The summed E-state index contributed by atoms with van der Waals surface area (Å²) < 4.78 is 10.7. The highest BCUT2D eigenvalue weighted by molar-refractivity contribution is 8.14. The zero-order valence-corrected chi connectivity index (χ0v) is 12.5. The number of thioether (sulfide) groups is 1. The van der Waals surface area contributed by atoms with Crippen molar-refractivity contribution in [2.45, 2.75) is 6.54 Å². The van der Waals surface area contributed by atoms with Gasteiger partial charge in [0.25, 0.3) is 0 Å². The second-order valence-electron chi connectivity index (χ2n) is 4.85. The molecule has 3 heterocycles. The van der Waals surface area contributed by atoms with E-state index in [9.17, 15) is 0 Å². The van der Waals surface area contributed by atoms with Gasteiger partial charge in [0.05, 0.1) is 18.0 Å². The van der Waals surface area contributed by atoms with Gasteiger partial charge in [0.1, 0.15) is 0 Å². The van der Waals surface area contributed by atoms with Crippen molar-refractivity contribution in [1.82, 2.24) is 10.4 Å². The molecular formula is C15H14N4O2S. The van der Waals surface area contributed by atoms with E-state index in [0.29, 0.717) is 13.3 Å². The summed E-state index contributed by atoms with van der Waals surface area (Å²) in [5.74, 6) is 2.38. The Hall–Kier alpha value is -2.41. The van der Waals surface area contributed by atoms with E-state index in [2.05, 4.69) is 20.5 Å². The minimum atomic E-state index is 0.293. The van der Waals surface area contributed by atoms with Crippen LogP contribution in [0.5, 0.6) is 11.5 Å². The fraction of sp³-hybridized carbons (Fsp3) is 0.200. The third-order valence-electron chi connectivity index (χ3n) is 3.38. The zero-order chi connectivity index (χ0) is 14.8. The van der Waals surface area contributed by atoms with Crippen molar-refractivity contribution in [1.29, 1.82) is 0 Å². The van der Waals surface area contributed by atoms with Gasteiger partial charge in [0.2, 0.25) is 6.79 Å². The highest BCUT2D eigenvalue weighted by Crippen LogP contribution is 2.32. The number of aromatic nitrogens is 1. The Morgan fingerprint density at radius 3 is 3.00 bits per heavy atom. The van der Waals surface area contributed by atoms with E-state index in [4.69, 9.17) is 9.47 Å². The van der Waals surface area contributed by atoms with Crippen LogP contribution in [0, 0.1) is 0 Å². The van der Waals surface area contributed by atoms with Crippen LogP contribution in [0.4, 0.5) is 0 Å². The Morgan fingerprint density at radius 1 is 1.23 bits per heavy atom. The highest BCUT2D eigenvalue weighted by atomic mass is 32.2. The molecule has 112 valence electrons. The number of aromatic amines is 1. The van der Waals surface area contributed by atoms with Crippen LogP contribution in [0.3, 0.4) is 0 Å². The second kappa shape index (κ2) is 5.76. The Balaban J connectivity index is 1.42. The molecule has 2 aliphatic rings. The van der Waals surface area contributed by atoms with Gasteiger partial charge in [-0.1, -0.05) is 17.8 Å². The molecule has 1 aromatic heterocycles. The first-order chi connectivity index (χ1) is 10.9. The number of rotatable bonds is 3. The predicted octanol–water partition coefficient (Wildman–Crippen LogP) is 2.34. The maximum absolute atomic E-state index is 5.37. The summed E-state index contributed by atoms with van der Waals surface area (Å²) in [6, 6.07) is 9.86. The third kappa shape index (κ3) is 2.67. The van der Waals surface area contributed by atoms with Gasteiger partial charge in [-0.2, -0.15) is 5.10 Å². The molecule has 6 nitrogen and oxygen atoms in total. The molecule has 22 heavy (non-hydrogen) atoms. The van der Waals surface area contributed by atoms with Crippen molar-refractivity contribution in [3.05, 3.63) is 47.8 Å². The van der Waals surface area contributed by atoms with Crippen molar-refractivity contribution in [3.8, 4) is 11.5 Å². The minimum Gasteiger partial charge on any atom is -0.454 e. The van der Waals surface area contributed by atoms with E-state index >= 15 is 0 Å². The maximum atomic E-state index is 5.37. The third-order valence-corrected chi connectivity index (χ3v) is 4.29. The second-order valence-corrected chi connectivity index (χ2v) is 5.82. The number of ether oxygens (including phenoxy) is 2. The van der Waals surface area contributed by atoms with Crippen LogP contribution in [0.2, 0.25) is 0 Å². The lowest BCUT2D eigenvalue weighted by Gasteiger charge is -2.13. The Bertz CT molecular complexity index is 740. The number of hydrazone groups is 1. The first kappa shape index (κ1) is 13.3. The highest BCUT2D eigenvalue weighted by Gasteiger charge is 2.15. The van der Waals surface area contributed by atoms with Crippen molar-refractivity contribution >= 4 is 22.6 Å². The normalized spacial score (nSPS) is 18.2. The van der Waals surface area contributed by atoms with Gasteiger partial charge in [-0.15, -0.1) is 0 Å². The Kier molecular flexibility index (Phi) is 3.48. The van der Waals surface area contributed by atoms with Gasteiger partial charge < -0.3 is 14.5 Å². The van der Waals surface area contributed by atoms with Crippen LogP contribution in [0.1, 0.15) is 11.3 Å². The SMILES string of the molecule is c1c[nH]c(C2=NNC(=NCc3ccc4c(c3)OCO4)SC2)c1. The summed E-state index contributed by atoms with van der Waals surface area (Å²) in [6.07, 6.45) is 1.89. The number of fused-ring (bicyclic) bond motifs is 1. The molecule has 0 amide bonds. The number of amidine groups is 1. The number of aliphatic imine (C=N–C) groups is 1.